The normalized spacial score (nSPS) is 12.2. The van der Waals surface area contributed by atoms with Crippen LogP contribution in [0.2, 0.25) is 0 Å². The Hall–Kier alpha value is -3.65. The Balaban J connectivity index is 2.08. The van der Waals surface area contributed by atoms with Crippen LogP contribution in [0.3, 0.4) is 0 Å². The molecule has 1 atom stereocenters. The van der Waals surface area contributed by atoms with Crippen molar-refractivity contribution in [3.63, 3.8) is 0 Å². The fraction of sp³-hybridized carbons (Fsp3) is 0.333. The first-order valence-corrected chi connectivity index (χ1v) is 14.2. The van der Waals surface area contributed by atoms with Crippen LogP contribution in [0, 0.1) is 20.8 Å². The molecule has 2 amide bonds. The molecule has 3 rings (SSSR count). The predicted molar refractivity (Wildman–Crippen MR) is 151 cm³/mol. The second-order valence-corrected chi connectivity index (χ2v) is 11.7. The Morgan fingerprint density at radius 1 is 0.816 bits per heavy atom. The highest BCUT2D eigenvalue weighted by molar-refractivity contribution is 7.92. The first-order valence-electron chi connectivity index (χ1n) is 12.7. The molecule has 0 aliphatic rings. The maximum absolute atomic E-state index is 14.0. The highest BCUT2D eigenvalue weighted by Gasteiger charge is 2.33. The third-order valence-electron chi connectivity index (χ3n) is 6.65. The lowest BCUT2D eigenvalue weighted by molar-refractivity contribution is -0.139. The molecule has 0 fully saturated rings. The van der Waals surface area contributed by atoms with Crippen molar-refractivity contribution in [2.45, 2.75) is 65.1 Å². The van der Waals surface area contributed by atoms with Gasteiger partial charge in [0.2, 0.25) is 11.8 Å². The summed E-state index contributed by atoms with van der Waals surface area (Å²) in [6.07, 6.45) is 0. The van der Waals surface area contributed by atoms with Crippen LogP contribution in [0.5, 0.6) is 0 Å². The van der Waals surface area contributed by atoms with Gasteiger partial charge in [0.25, 0.3) is 10.0 Å². The molecule has 0 aliphatic carbocycles. The van der Waals surface area contributed by atoms with Gasteiger partial charge in [-0.15, -0.1) is 0 Å². The van der Waals surface area contributed by atoms with Crippen LogP contribution in [0.4, 0.5) is 5.69 Å². The second kappa shape index (κ2) is 12.3. The van der Waals surface area contributed by atoms with Crippen molar-refractivity contribution in [1.82, 2.24) is 10.2 Å². The van der Waals surface area contributed by atoms with Crippen LogP contribution in [0.25, 0.3) is 0 Å². The van der Waals surface area contributed by atoms with Gasteiger partial charge in [-0.3, -0.25) is 13.9 Å². The Kier molecular flexibility index (Phi) is 9.33. The van der Waals surface area contributed by atoms with Gasteiger partial charge in [0.05, 0.1) is 10.6 Å². The second-order valence-electron chi connectivity index (χ2n) is 9.83. The number of sulfonamides is 1. The van der Waals surface area contributed by atoms with E-state index in [0.717, 1.165) is 26.6 Å². The quantitative estimate of drug-likeness (QED) is 0.406. The number of nitrogens with one attached hydrogen (secondary N) is 1. The van der Waals surface area contributed by atoms with Crippen molar-refractivity contribution < 1.29 is 18.0 Å². The van der Waals surface area contributed by atoms with E-state index in [9.17, 15) is 18.0 Å². The van der Waals surface area contributed by atoms with Crippen molar-refractivity contribution in [2.24, 2.45) is 0 Å². The molecule has 8 heteroatoms. The van der Waals surface area contributed by atoms with Gasteiger partial charge in [-0.05, 0) is 82.0 Å². The molecule has 0 aliphatic heterocycles. The molecule has 7 nitrogen and oxygen atoms in total. The van der Waals surface area contributed by atoms with Gasteiger partial charge < -0.3 is 10.2 Å². The average Bonchev–Trinajstić information content (AvgIpc) is 2.88. The van der Waals surface area contributed by atoms with E-state index in [2.05, 4.69) is 5.32 Å². The Labute approximate surface area is 226 Å². The SMILES string of the molecule is Cc1ccccc1CN(C(=O)CN(c1cccc(C)c1C)S(=O)(=O)c1ccccc1)C(C)C(=O)NC(C)C. The molecule has 38 heavy (non-hydrogen) atoms. The predicted octanol–water partition coefficient (Wildman–Crippen LogP) is 4.75. The monoisotopic (exact) mass is 535 g/mol. The van der Waals surface area contributed by atoms with Crippen molar-refractivity contribution in [2.75, 3.05) is 10.8 Å². The van der Waals surface area contributed by atoms with E-state index < -0.39 is 28.5 Å². The smallest absolute Gasteiger partial charge is 0.264 e. The Morgan fingerprint density at radius 3 is 2.05 bits per heavy atom. The maximum atomic E-state index is 14.0. The molecular weight excluding hydrogens is 498 g/mol. The molecule has 0 heterocycles. The van der Waals surface area contributed by atoms with E-state index in [1.807, 2.05) is 65.0 Å². The van der Waals surface area contributed by atoms with Gasteiger partial charge in [-0.25, -0.2) is 8.42 Å². The highest BCUT2D eigenvalue weighted by atomic mass is 32.2. The summed E-state index contributed by atoms with van der Waals surface area (Å²) in [5.41, 5.74) is 3.96. The molecule has 1 N–H and O–H groups in total. The van der Waals surface area contributed by atoms with Crippen molar-refractivity contribution >= 4 is 27.5 Å². The Morgan fingerprint density at radius 2 is 1.42 bits per heavy atom. The molecule has 0 saturated heterocycles. The lowest BCUT2D eigenvalue weighted by Gasteiger charge is -2.33. The summed E-state index contributed by atoms with van der Waals surface area (Å²) < 4.78 is 28.9. The number of aryl methyl sites for hydroxylation is 2. The largest absolute Gasteiger partial charge is 0.352 e. The summed E-state index contributed by atoms with van der Waals surface area (Å²) in [5.74, 6) is -0.772. The van der Waals surface area contributed by atoms with Crippen LogP contribution in [-0.2, 0) is 26.2 Å². The molecule has 0 spiro atoms. The number of hydrogen-bond donors (Lipinski definition) is 1. The average molecular weight is 536 g/mol. The molecule has 3 aromatic carbocycles. The molecule has 0 saturated carbocycles. The van der Waals surface area contributed by atoms with Crippen LogP contribution in [-0.4, -0.2) is 43.8 Å². The van der Waals surface area contributed by atoms with Gasteiger partial charge in [-0.2, -0.15) is 0 Å². The topological polar surface area (TPSA) is 86.8 Å². The zero-order valence-corrected chi connectivity index (χ0v) is 23.7. The number of nitrogens with zero attached hydrogens (tertiary/aromatic N) is 2. The summed E-state index contributed by atoms with van der Waals surface area (Å²) in [7, 11) is -4.08. The molecule has 3 aromatic rings. The van der Waals surface area contributed by atoms with Crippen LogP contribution in [0.1, 0.15) is 43.0 Å². The van der Waals surface area contributed by atoms with Gasteiger partial charge in [0.15, 0.2) is 0 Å². The molecule has 0 radical (unpaired) electrons. The minimum Gasteiger partial charge on any atom is -0.352 e. The van der Waals surface area contributed by atoms with Gasteiger partial charge in [0.1, 0.15) is 12.6 Å². The summed E-state index contributed by atoms with van der Waals surface area (Å²) in [4.78, 5) is 28.5. The van der Waals surface area contributed by atoms with E-state index in [1.165, 1.54) is 17.0 Å². The third kappa shape index (κ3) is 6.61. The molecule has 0 aromatic heterocycles. The summed E-state index contributed by atoms with van der Waals surface area (Å²) in [6.45, 7) is 10.8. The number of benzene rings is 3. The van der Waals surface area contributed by atoms with Crippen molar-refractivity contribution in [1.29, 1.82) is 0 Å². The van der Waals surface area contributed by atoms with E-state index in [0.29, 0.717) is 5.69 Å². The summed E-state index contributed by atoms with van der Waals surface area (Å²) in [5, 5.41) is 2.87. The fourth-order valence-corrected chi connectivity index (χ4v) is 5.69. The van der Waals surface area contributed by atoms with Crippen molar-refractivity contribution in [3.8, 4) is 0 Å². The number of rotatable bonds is 10. The summed E-state index contributed by atoms with van der Waals surface area (Å²) >= 11 is 0. The number of carbonyl (C=O) groups is 2. The van der Waals surface area contributed by atoms with Crippen LogP contribution >= 0.6 is 0 Å². The molecule has 202 valence electrons. The zero-order valence-electron chi connectivity index (χ0n) is 22.9. The van der Waals surface area contributed by atoms with Gasteiger partial charge in [-0.1, -0.05) is 54.6 Å². The van der Waals surface area contributed by atoms with E-state index >= 15 is 0 Å². The lowest BCUT2D eigenvalue weighted by Crippen LogP contribution is -2.52. The minimum atomic E-state index is -4.08. The van der Waals surface area contributed by atoms with E-state index in [1.54, 1.807) is 37.3 Å². The van der Waals surface area contributed by atoms with E-state index in [-0.39, 0.29) is 23.4 Å². The fourth-order valence-electron chi connectivity index (χ4n) is 4.20. The third-order valence-corrected chi connectivity index (χ3v) is 8.43. The standard InChI is InChI=1S/C30H37N3O4S/c1-21(2)31-30(35)25(6)32(19-26-15-11-10-13-23(26)4)29(34)20-33(28-18-12-14-22(3)24(28)5)38(36,37)27-16-8-7-9-17-27/h7-18,21,25H,19-20H2,1-6H3,(H,31,35). The van der Waals surface area contributed by atoms with Gasteiger partial charge in [0, 0.05) is 12.6 Å². The summed E-state index contributed by atoms with van der Waals surface area (Å²) in [6, 6.07) is 20.2. The minimum absolute atomic E-state index is 0.0877. The molecule has 1 unspecified atom stereocenters. The maximum Gasteiger partial charge on any atom is 0.264 e. The highest BCUT2D eigenvalue weighted by Crippen LogP contribution is 2.29. The zero-order chi connectivity index (χ0) is 28.0. The molecular formula is C30H37N3O4S. The van der Waals surface area contributed by atoms with Gasteiger partial charge >= 0.3 is 0 Å². The number of hydrogen-bond acceptors (Lipinski definition) is 4. The molecule has 0 bridgehead atoms. The van der Waals surface area contributed by atoms with Crippen molar-refractivity contribution in [3.05, 3.63) is 95.1 Å². The lowest BCUT2D eigenvalue weighted by atomic mass is 10.1. The van der Waals surface area contributed by atoms with Crippen LogP contribution < -0.4 is 9.62 Å². The number of anilines is 1. The Bertz CT molecular complexity index is 1390. The van der Waals surface area contributed by atoms with E-state index in [4.69, 9.17) is 0 Å². The number of amides is 2. The first-order chi connectivity index (χ1) is 17.9. The number of carbonyl (C=O) groups excluding carboxylic acids is 2. The first kappa shape index (κ1) is 28.9. The van der Waals surface area contributed by atoms with Crippen LogP contribution in [0.15, 0.2) is 77.7 Å².